The molecule has 1 aliphatic heterocycles. The molecule has 0 amide bonds. The molecule has 0 saturated carbocycles. The second kappa shape index (κ2) is 5.41. The summed E-state index contributed by atoms with van der Waals surface area (Å²) in [5.74, 6) is -1.09. The Morgan fingerprint density at radius 1 is 1.39 bits per heavy atom. The SMILES string of the molecule is CS(=O)(=O)CCS(=O)(=O)N1CCCC1C(N)=NO. The molecule has 106 valence electrons. The van der Waals surface area contributed by atoms with Gasteiger partial charge in [0.05, 0.1) is 17.5 Å². The average Bonchev–Trinajstić information content (AvgIpc) is 2.74. The minimum absolute atomic E-state index is 0.171. The summed E-state index contributed by atoms with van der Waals surface area (Å²) in [6.45, 7) is 0.257. The lowest BCUT2D eigenvalue weighted by atomic mass is 10.2. The molecule has 8 nitrogen and oxygen atoms in total. The highest BCUT2D eigenvalue weighted by Crippen LogP contribution is 2.21. The monoisotopic (exact) mass is 299 g/mol. The zero-order valence-corrected chi connectivity index (χ0v) is 11.6. The van der Waals surface area contributed by atoms with Gasteiger partial charge in [-0.2, -0.15) is 4.31 Å². The van der Waals surface area contributed by atoms with E-state index < -0.39 is 37.4 Å². The highest BCUT2D eigenvalue weighted by atomic mass is 32.2. The molecule has 18 heavy (non-hydrogen) atoms. The summed E-state index contributed by atoms with van der Waals surface area (Å²) in [7, 11) is -7.06. The topological polar surface area (TPSA) is 130 Å². The predicted octanol–water partition coefficient (Wildman–Crippen LogP) is -1.43. The fourth-order valence-electron chi connectivity index (χ4n) is 1.81. The molecule has 3 N–H and O–H groups in total. The molecule has 1 unspecified atom stereocenters. The molecular formula is C8H17N3O5S2. The first kappa shape index (κ1) is 15.2. The van der Waals surface area contributed by atoms with E-state index in [0.717, 1.165) is 10.6 Å². The van der Waals surface area contributed by atoms with E-state index in [1.165, 1.54) is 0 Å². The van der Waals surface area contributed by atoms with Crippen molar-refractivity contribution in [1.82, 2.24) is 4.31 Å². The third-order valence-electron chi connectivity index (χ3n) is 2.73. The first-order valence-corrected chi connectivity index (χ1v) is 8.99. The summed E-state index contributed by atoms with van der Waals surface area (Å²) >= 11 is 0. The molecule has 0 spiro atoms. The van der Waals surface area contributed by atoms with Crippen molar-refractivity contribution in [3.05, 3.63) is 0 Å². The molecule has 0 bridgehead atoms. The van der Waals surface area contributed by atoms with Gasteiger partial charge in [-0.15, -0.1) is 0 Å². The standard InChI is InChI=1S/C8H17N3O5S2/c1-17(13,14)5-6-18(15,16)11-4-2-3-7(11)8(9)10-12/h7,12H,2-6H2,1H3,(H2,9,10). The molecule has 1 atom stereocenters. The molecule has 1 heterocycles. The lowest BCUT2D eigenvalue weighted by Gasteiger charge is -2.22. The zero-order chi connectivity index (χ0) is 14.0. The fourth-order valence-corrected chi connectivity index (χ4v) is 5.11. The molecule has 1 rings (SSSR count). The maximum Gasteiger partial charge on any atom is 0.215 e. The summed E-state index contributed by atoms with van der Waals surface area (Å²) in [6, 6.07) is -0.681. The molecule has 1 fully saturated rings. The number of oxime groups is 1. The minimum Gasteiger partial charge on any atom is -0.409 e. The maximum atomic E-state index is 12.0. The molecule has 1 aliphatic rings. The number of nitrogens with zero attached hydrogens (tertiary/aromatic N) is 2. The van der Waals surface area contributed by atoms with Crippen LogP contribution in [0.4, 0.5) is 0 Å². The van der Waals surface area contributed by atoms with Gasteiger partial charge in [-0.3, -0.25) is 0 Å². The Bertz CT molecular complexity index is 525. The van der Waals surface area contributed by atoms with Gasteiger partial charge >= 0.3 is 0 Å². The first-order chi connectivity index (χ1) is 8.17. The summed E-state index contributed by atoms with van der Waals surface area (Å²) in [4.78, 5) is 0. The Morgan fingerprint density at radius 2 is 2.00 bits per heavy atom. The van der Waals surface area contributed by atoms with E-state index in [9.17, 15) is 16.8 Å². The van der Waals surface area contributed by atoms with Crippen molar-refractivity contribution in [2.75, 3.05) is 24.3 Å². The normalized spacial score (nSPS) is 23.4. The molecular weight excluding hydrogens is 282 g/mol. The van der Waals surface area contributed by atoms with Crippen molar-refractivity contribution < 1.29 is 22.0 Å². The average molecular weight is 299 g/mol. The van der Waals surface area contributed by atoms with E-state index in [1.54, 1.807) is 0 Å². The van der Waals surface area contributed by atoms with Gasteiger partial charge in [-0.1, -0.05) is 5.16 Å². The maximum absolute atomic E-state index is 12.0. The lowest BCUT2D eigenvalue weighted by molar-refractivity contribution is 0.311. The van der Waals surface area contributed by atoms with Crippen molar-refractivity contribution in [3.63, 3.8) is 0 Å². The van der Waals surface area contributed by atoms with E-state index in [4.69, 9.17) is 10.9 Å². The fraction of sp³-hybridized carbons (Fsp3) is 0.875. The van der Waals surface area contributed by atoms with Gasteiger partial charge in [-0.05, 0) is 12.8 Å². The smallest absolute Gasteiger partial charge is 0.215 e. The number of hydrogen-bond donors (Lipinski definition) is 2. The second-order valence-electron chi connectivity index (χ2n) is 4.24. The van der Waals surface area contributed by atoms with Crippen LogP contribution >= 0.6 is 0 Å². The van der Waals surface area contributed by atoms with Gasteiger partial charge in [0.2, 0.25) is 10.0 Å². The van der Waals surface area contributed by atoms with Crippen LogP contribution in [0.1, 0.15) is 12.8 Å². The number of nitrogens with two attached hydrogens (primary N) is 1. The Kier molecular flexibility index (Phi) is 4.56. The van der Waals surface area contributed by atoms with Crippen molar-refractivity contribution in [2.24, 2.45) is 10.9 Å². The Labute approximate surface area is 106 Å². The van der Waals surface area contributed by atoms with Crippen molar-refractivity contribution in [3.8, 4) is 0 Å². The van der Waals surface area contributed by atoms with Crippen LogP contribution < -0.4 is 5.73 Å². The Morgan fingerprint density at radius 3 is 2.50 bits per heavy atom. The van der Waals surface area contributed by atoms with Crippen molar-refractivity contribution >= 4 is 25.7 Å². The predicted molar refractivity (Wildman–Crippen MR) is 66.6 cm³/mol. The number of sulfone groups is 1. The van der Waals surface area contributed by atoms with Gasteiger partial charge in [0.15, 0.2) is 5.84 Å². The quantitative estimate of drug-likeness (QED) is 0.277. The number of hydrogen-bond acceptors (Lipinski definition) is 6. The van der Waals surface area contributed by atoms with E-state index in [2.05, 4.69) is 5.16 Å². The molecule has 0 aromatic rings. The van der Waals surface area contributed by atoms with E-state index in [1.807, 2.05) is 0 Å². The highest BCUT2D eigenvalue weighted by molar-refractivity contribution is 7.93. The van der Waals surface area contributed by atoms with Gasteiger partial charge in [0, 0.05) is 12.8 Å². The summed E-state index contributed by atoms with van der Waals surface area (Å²) in [5.41, 5.74) is 5.42. The first-order valence-electron chi connectivity index (χ1n) is 5.32. The van der Waals surface area contributed by atoms with E-state index in [-0.39, 0.29) is 12.4 Å². The largest absolute Gasteiger partial charge is 0.409 e. The summed E-state index contributed by atoms with van der Waals surface area (Å²) < 4.78 is 47.0. The van der Waals surface area contributed by atoms with Crippen molar-refractivity contribution in [1.29, 1.82) is 0 Å². The van der Waals surface area contributed by atoms with Gasteiger partial charge in [0.25, 0.3) is 0 Å². The van der Waals surface area contributed by atoms with Crippen LogP contribution in [0.2, 0.25) is 0 Å². The van der Waals surface area contributed by atoms with Crippen LogP contribution in [0.25, 0.3) is 0 Å². The summed E-state index contributed by atoms with van der Waals surface area (Å²) in [6.07, 6.45) is 2.04. The second-order valence-corrected chi connectivity index (χ2v) is 8.54. The third-order valence-corrected chi connectivity index (χ3v) is 5.81. The van der Waals surface area contributed by atoms with Crippen LogP contribution in [0.5, 0.6) is 0 Å². The molecule has 0 radical (unpaired) electrons. The molecule has 0 aromatic carbocycles. The molecule has 10 heteroatoms. The van der Waals surface area contributed by atoms with Crippen molar-refractivity contribution in [2.45, 2.75) is 18.9 Å². The number of amidine groups is 1. The Balaban J connectivity index is 2.85. The van der Waals surface area contributed by atoms with E-state index >= 15 is 0 Å². The number of rotatable bonds is 5. The van der Waals surface area contributed by atoms with Gasteiger partial charge in [0.1, 0.15) is 9.84 Å². The lowest BCUT2D eigenvalue weighted by Crippen LogP contribution is -2.45. The van der Waals surface area contributed by atoms with Crippen LogP contribution in [-0.2, 0) is 19.9 Å². The molecule has 0 aromatic heterocycles. The molecule has 0 aliphatic carbocycles. The van der Waals surface area contributed by atoms with Crippen LogP contribution in [0, 0.1) is 0 Å². The van der Waals surface area contributed by atoms with Gasteiger partial charge in [-0.25, -0.2) is 16.8 Å². The van der Waals surface area contributed by atoms with Crippen LogP contribution in [0.3, 0.4) is 0 Å². The highest BCUT2D eigenvalue weighted by Gasteiger charge is 2.36. The summed E-state index contributed by atoms with van der Waals surface area (Å²) in [5, 5.41) is 11.4. The van der Waals surface area contributed by atoms with Crippen LogP contribution in [-0.4, -0.2) is 62.5 Å². The minimum atomic E-state index is -3.72. The van der Waals surface area contributed by atoms with Crippen LogP contribution in [0.15, 0.2) is 5.16 Å². The van der Waals surface area contributed by atoms with E-state index in [0.29, 0.717) is 12.8 Å². The third kappa shape index (κ3) is 3.82. The van der Waals surface area contributed by atoms with Gasteiger partial charge < -0.3 is 10.9 Å². The number of sulfonamides is 1. The Hall–Kier alpha value is -0.870. The molecule has 1 saturated heterocycles. The zero-order valence-electron chi connectivity index (χ0n) is 9.98.